The van der Waals surface area contributed by atoms with Crippen LogP contribution in [0.5, 0.6) is 5.75 Å². The van der Waals surface area contributed by atoms with E-state index in [0.29, 0.717) is 18.0 Å². The average Bonchev–Trinajstić information content (AvgIpc) is 2.90. The quantitative estimate of drug-likeness (QED) is 0.262. The normalized spacial score (nSPS) is 13.6. The summed E-state index contributed by atoms with van der Waals surface area (Å²) in [6.45, 7) is 13.7. The predicted octanol–water partition coefficient (Wildman–Crippen LogP) is 6.79. The molecule has 0 fully saturated rings. The van der Waals surface area contributed by atoms with Crippen LogP contribution in [0.25, 0.3) is 5.57 Å². The topological polar surface area (TPSA) is 49.9 Å². The Hall–Kier alpha value is -2.83. The number of benzene rings is 2. The summed E-state index contributed by atoms with van der Waals surface area (Å²) in [5, 5.41) is 0. The largest absolute Gasteiger partial charge is 0.497 e. The van der Waals surface area contributed by atoms with Gasteiger partial charge in [-0.3, -0.25) is 4.31 Å². The van der Waals surface area contributed by atoms with Crippen molar-refractivity contribution in [2.75, 3.05) is 37.6 Å². The molecule has 2 aromatic carbocycles. The van der Waals surface area contributed by atoms with Gasteiger partial charge in [0.2, 0.25) is 0 Å². The van der Waals surface area contributed by atoms with Crippen molar-refractivity contribution in [3.8, 4) is 5.75 Å². The smallest absolute Gasteiger partial charge is 0.264 e. The van der Waals surface area contributed by atoms with E-state index in [1.54, 1.807) is 35.7 Å². The van der Waals surface area contributed by atoms with Crippen LogP contribution in [0.2, 0.25) is 0 Å². The van der Waals surface area contributed by atoms with Gasteiger partial charge in [-0.05, 0) is 81.7 Å². The summed E-state index contributed by atoms with van der Waals surface area (Å²) >= 11 is 0. The van der Waals surface area contributed by atoms with Crippen molar-refractivity contribution >= 4 is 21.3 Å². The highest BCUT2D eigenvalue weighted by atomic mass is 32.2. The number of allylic oxidation sites excluding steroid dienone is 6. The molecule has 0 heterocycles. The van der Waals surface area contributed by atoms with Gasteiger partial charge in [-0.25, -0.2) is 8.42 Å². The lowest BCUT2D eigenvalue weighted by Crippen LogP contribution is -2.36. The second-order valence-corrected chi connectivity index (χ2v) is 10.6. The summed E-state index contributed by atoms with van der Waals surface area (Å²) in [6, 6.07) is 14.3. The van der Waals surface area contributed by atoms with E-state index < -0.39 is 10.0 Å². The van der Waals surface area contributed by atoms with E-state index in [1.807, 2.05) is 68.5 Å². The molecule has 0 aliphatic rings. The fourth-order valence-corrected chi connectivity index (χ4v) is 5.69. The fourth-order valence-electron chi connectivity index (χ4n) is 4.07. The molecule has 1 atom stereocenters. The van der Waals surface area contributed by atoms with Crippen LogP contribution in [0.4, 0.5) is 5.69 Å². The molecule has 6 heteroatoms. The van der Waals surface area contributed by atoms with Crippen molar-refractivity contribution in [2.24, 2.45) is 5.92 Å². The van der Waals surface area contributed by atoms with Crippen molar-refractivity contribution in [2.45, 2.75) is 45.9 Å². The Morgan fingerprint density at radius 3 is 2.31 bits per heavy atom. The molecule has 0 spiro atoms. The lowest BCUT2D eigenvalue weighted by Gasteiger charge is -2.30. The lowest BCUT2D eigenvalue weighted by atomic mass is 10.0. The zero-order valence-corrected chi connectivity index (χ0v) is 23.5. The highest BCUT2D eigenvalue weighted by Gasteiger charge is 2.29. The van der Waals surface area contributed by atoms with Gasteiger partial charge in [0.05, 0.1) is 17.7 Å². The number of methoxy groups -OCH3 is 1. The summed E-state index contributed by atoms with van der Waals surface area (Å²) < 4.78 is 35.2. The summed E-state index contributed by atoms with van der Waals surface area (Å²) in [4.78, 5) is 2.66. The van der Waals surface area contributed by atoms with Gasteiger partial charge in [-0.2, -0.15) is 0 Å². The average molecular weight is 511 g/mol. The monoisotopic (exact) mass is 510 g/mol. The third-order valence-corrected chi connectivity index (χ3v) is 8.11. The maximum atomic E-state index is 14.0. The number of ether oxygens (including phenoxy) is 1. The van der Waals surface area contributed by atoms with Gasteiger partial charge < -0.3 is 9.64 Å². The molecule has 0 bridgehead atoms. The van der Waals surface area contributed by atoms with Crippen LogP contribution < -0.4 is 9.04 Å². The number of sulfonamides is 1. The minimum atomic E-state index is -3.79. The fraction of sp³-hybridized carbons (Fsp3) is 0.400. The van der Waals surface area contributed by atoms with Crippen molar-refractivity contribution < 1.29 is 13.2 Å². The number of hydrogen-bond acceptors (Lipinski definition) is 4. The van der Waals surface area contributed by atoms with Crippen LogP contribution in [0.1, 0.15) is 46.6 Å². The summed E-state index contributed by atoms with van der Waals surface area (Å²) in [6.07, 6.45) is 10.8. The first-order valence-electron chi connectivity index (χ1n) is 12.8. The number of rotatable bonds is 14. The SMILES string of the molecule is C\C=C/C=C\C(=C/C)c1cc(OC)ccc1N(CC(C)CCN(CC)CC)S(=O)(=O)c1ccccc1. The minimum Gasteiger partial charge on any atom is -0.497 e. The molecule has 0 radical (unpaired) electrons. The molecule has 0 aliphatic heterocycles. The Morgan fingerprint density at radius 1 is 1.03 bits per heavy atom. The zero-order valence-electron chi connectivity index (χ0n) is 22.6. The molecular formula is C30H42N2O3S. The molecule has 0 saturated carbocycles. The van der Waals surface area contributed by atoms with Gasteiger partial charge in [-0.1, -0.05) is 69.4 Å². The second-order valence-electron chi connectivity index (χ2n) is 8.78. The Morgan fingerprint density at radius 2 is 1.72 bits per heavy atom. The van der Waals surface area contributed by atoms with Gasteiger partial charge >= 0.3 is 0 Å². The molecule has 0 saturated heterocycles. The Kier molecular flexibility index (Phi) is 12.0. The van der Waals surface area contributed by atoms with Gasteiger partial charge in [-0.15, -0.1) is 0 Å². The van der Waals surface area contributed by atoms with Gasteiger partial charge in [0.15, 0.2) is 0 Å². The van der Waals surface area contributed by atoms with E-state index >= 15 is 0 Å². The summed E-state index contributed by atoms with van der Waals surface area (Å²) in [7, 11) is -2.17. The van der Waals surface area contributed by atoms with Crippen LogP contribution in [0.3, 0.4) is 0 Å². The maximum absolute atomic E-state index is 14.0. The standard InChI is InChI=1S/C30H42N2O3S/c1-7-11-13-16-26(8-2)29-23-27(35-6)19-20-30(29)32(24-25(5)21-22-31(9-3)10-4)36(33,34)28-17-14-12-15-18-28/h7-8,11-20,23,25H,9-10,21-22,24H2,1-6H3/b11-7-,16-13-,26-8+. The molecular weight excluding hydrogens is 468 g/mol. The first-order chi connectivity index (χ1) is 17.3. The second kappa shape index (κ2) is 14.7. The molecule has 0 aromatic heterocycles. The molecule has 1 unspecified atom stereocenters. The van der Waals surface area contributed by atoms with Gasteiger partial charge in [0.25, 0.3) is 10.0 Å². The Bertz CT molecular complexity index is 1130. The van der Waals surface area contributed by atoms with E-state index in [2.05, 4.69) is 25.7 Å². The molecule has 196 valence electrons. The molecule has 36 heavy (non-hydrogen) atoms. The maximum Gasteiger partial charge on any atom is 0.264 e. The first kappa shape index (κ1) is 29.4. The highest BCUT2D eigenvalue weighted by Crippen LogP contribution is 2.35. The number of nitrogens with zero attached hydrogens (tertiary/aromatic N) is 2. The third kappa shape index (κ3) is 7.84. The van der Waals surface area contributed by atoms with Crippen LogP contribution in [0.15, 0.2) is 83.8 Å². The molecule has 5 nitrogen and oxygen atoms in total. The van der Waals surface area contributed by atoms with E-state index in [4.69, 9.17) is 4.74 Å². The highest BCUT2D eigenvalue weighted by molar-refractivity contribution is 7.92. The van der Waals surface area contributed by atoms with E-state index in [0.717, 1.165) is 37.2 Å². The molecule has 0 aliphatic carbocycles. The van der Waals surface area contributed by atoms with Gasteiger partial charge in [0.1, 0.15) is 5.75 Å². The summed E-state index contributed by atoms with van der Waals surface area (Å²) in [5.74, 6) is 0.839. The molecule has 2 rings (SSSR count). The van der Waals surface area contributed by atoms with Crippen LogP contribution in [-0.2, 0) is 10.0 Å². The van der Waals surface area contributed by atoms with Crippen molar-refractivity contribution in [1.29, 1.82) is 0 Å². The molecule has 0 N–H and O–H groups in total. The van der Waals surface area contributed by atoms with E-state index in [1.165, 1.54) is 0 Å². The van der Waals surface area contributed by atoms with Crippen LogP contribution in [-0.4, -0.2) is 46.6 Å². The molecule has 2 aromatic rings. The number of anilines is 1. The first-order valence-corrected chi connectivity index (χ1v) is 14.2. The van der Waals surface area contributed by atoms with Crippen LogP contribution >= 0.6 is 0 Å². The van der Waals surface area contributed by atoms with E-state index in [-0.39, 0.29) is 10.8 Å². The van der Waals surface area contributed by atoms with Crippen molar-refractivity contribution in [3.05, 3.63) is 84.5 Å². The van der Waals surface area contributed by atoms with Gasteiger partial charge in [0, 0.05) is 12.1 Å². The third-order valence-electron chi connectivity index (χ3n) is 6.32. The summed E-state index contributed by atoms with van der Waals surface area (Å²) in [5.41, 5.74) is 2.38. The van der Waals surface area contributed by atoms with E-state index in [9.17, 15) is 8.42 Å². The molecule has 0 amide bonds. The van der Waals surface area contributed by atoms with Crippen molar-refractivity contribution in [1.82, 2.24) is 4.90 Å². The predicted molar refractivity (Wildman–Crippen MR) is 153 cm³/mol. The Labute approximate surface area is 218 Å². The minimum absolute atomic E-state index is 0.159. The zero-order chi connectivity index (χ0) is 26.6. The van der Waals surface area contributed by atoms with Crippen molar-refractivity contribution in [3.63, 3.8) is 0 Å². The lowest BCUT2D eigenvalue weighted by molar-refractivity contribution is 0.281. The Balaban J connectivity index is 2.63. The number of hydrogen-bond donors (Lipinski definition) is 0. The van der Waals surface area contributed by atoms with Crippen LogP contribution in [0, 0.1) is 5.92 Å².